The van der Waals surface area contributed by atoms with Crippen molar-refractivity contribution in [2.24, 2.45) is 0 Å². The molecule has 1 saturated heterocycles. The number of aryl methyl sites for hydroxylation is 2. The largest absolute Gasteiger partial charge is 0.336 e. The summed E-state index contributed by atoms with van der Waals surface area (Å²) in [6, 6.07) is -0.331. The fraction of sp³-hybridized carbons (Fsp3) is 0.562. The number of aromatic nitrogens is 4. The first-order valence-corrected chi connectivity index (χ1v) is 9.43. The molecule has 3 rings (SSSR count). The topological polar surface area (TPSA) is 92.5 Å². The monoisotopic (exact) mass is 362 g/mol. The van der Waals surface area contributed by atoms with Gasteiger partial charge >= 0.3 is 6.03 Å². The fourth-order valence-electron chi connectivity index (χ4n) is 2.88. The lowest BCUT2D eigenvalue weighted by Gasteiger charge is -2.10. The van der Waals surface area contributed by atoms with Crippen LogP contribution in [0.5, 0.6) is 0 Å². The van der Waals surface area contributed by atoms with Gasteiger partial charge in [-0.05, 0) is 32.3 Å². The lowest BCUT2D eigenvalue weighted by atomic mass is 10.1. The minimum atomic E-state index is -0.331. The molecule has 0 atom stereocenters. The Balaban J connectivity index is 1.75. The number of nitrogens with one attached hydrogen (secondary N) is 1. The minimum Gasteiger partial charge on any atom is -0.336 e. The van der Waals surface area contributed by atoms with E-state index in [1.807, 2.05) is 13.8 Å². The maximum Gasteiger partial charge on any atom is 0.324 e. The Morgan fingerprint density at radius 1 is 1.32 bits per heavy atom. The molecule has 0 radical (unpaired) electrons. The Kier molecular flexibility index (Phi) is 5.22. The SMILES string of the molecule is CCCCc1c(C)nc2nc(SCC(=O)N3CCNC3=O)nn2c1C. The molecule has 0 aromatic carbocycles. The van der Waals surface area contributed by atoms with E-state index in [4.69, 9.17) is 0 Å². The zero-order valence-corrected chi connectivity index (χ0v) is 15.5. The number of carbonyl (C=O) groups excluding carboxylic acids is 2. The minimum absolute atomic E-state index is 0.130. The molecule has 8 nitrogen and oxygen atoms in total. The molecular formula is C16H22N6O2S. The molecule has 1 aliphatic rings. The molecule has 1 N–H and O–H groups in total. The van der Waals surface area contributed by atoms with Crippen LogP contribution in [0.25, 0.3) is 5.78 Å². The second-order valence-corrected chi connectivity index (χ2v) is 6.98. The number of hydrogen-bond donors (Lipinski definition) is 1. The van der Waals surface area contributed by atoms with Crippen LogP contribution in [0.3, 0.4) is 0 Å². The number of fused-ring (bicyclic) bond motifs is 1. The number of imide groups is 1. The summed E-state index contributed by atoms with van der Waals surface area (Å²) in [5.74, 6) is 0.442. The molecule has 2 aromatic heterocycles. The van der Waals surface area contributed by atoms with Gasteiger partial charge in [0.15, 0.2) is 0 Å². The van der Waals surface area contributed by atoms with Crippen molar-refractivity contribution in [2.45, 2.75) is 45.2 Å². The van der Waals surface area contributed by atoms with Crippen molar-refractivity contribution in [3.05, 3.63) is 17.0 Å². The van der Waals surface area contributed by atoms with Gasteiger partial charge in [-0.1, -0.05) is 25.1 Å². The molecule has 1 aliphatic heterocycles. The van der Waals surface area contributed by atoms with Crippen LogP contribution < -0.4 is 5.32 Å². The second-order valence-electron chi connectivity index (χ2n) is 6.04. The third-order valence-electron chi connectivity index (χ3n) is 4.29. The van der Waals surface area contributed by atoms with Gasteiger partial charge < -0.3 is 5.32 Å². The van der Waals surface area contributed by atoms with Gasteiger partial charge in [-0.3, -0.25) is 9.69 Å². The molecule has 3 heterocycles. The van der Waals surface area contributed by atoms with Gasteiger partial charge in [0.25, 0.3) is 5.78 Å². The third kappa shape index (κ3) is 3.60. The van der Waals surface area contributed by atoms with Gasteiger partial charge in [0.1, 0.15) is 0 Å². The average Bonchev–Trinajstić information content (AvgIpc) is 3.18. The first kappa shape index (κ1) is 17.7. The zero-order valence-electron chi connectivity index (χ0n) is 14.7. The lowest BCUT2D eigenvalue weighted by Crippen LogP contribution is -2.35. The normalized spacial score (nSPS) is 14.4. The van der Waals surface area contributed by atoms with Crippen LogP contribution in [0.1, 0.15) is 36.7 Å². The van der Waals surface area contributed by atoms with Crippen LogP contribution in [0.2, 0.25) is 0 Å². The molecule has 25 heavy (non-hydrogen) atoms. The molecule has 3 amide bonds. The molecule has 0 aliphatic carbocycles. The number of rotatable bonds is 6. The summed E-state index contributed by atoms with van der Waals surface area (Å²) in [6.07, 6.45) is 3.21. The van der Waals surface area contributed by atoms with Crippen LogP contribution in [0, 0.1) is 13.8 Å². The van der Waals surface area contributed by atoms with Crippen molar-refractivity contribution in [3.8, 4) is 0 Å². The number of hydrogen-bond acceptors (Lipinski definition) is 6. The summed E-state index contributed by atoms with van der Waals surface area (Å²) in [4.78, 5) is 33.8. The van der Waals surface area contributed by atoms with E-state index in [9.17, 15) is 9.59 Å². The smallest absolute Gasteiger partial charge is 0.324 e. The van der Waals surface area contributed by atoms with Crippen LogP contribution >= 0.6 is 11.8 Å². The number of thioether (sulfide) groups is 1. The average molecular weight is 362 g/mol. The summed E-state index contributed by atoms with van der Waals surface area (Å²) in [6.45, 7) is 7.10. The lowest BCUT2D eigenvalue weighted by molar-refractivity contribution is -0.124. The van der Waals surface area contributed by atoms with Gasteiger partial charge in [0, 0.05) is 24.5 Å². The van der Waals surface area contributed by atoms with E-state index in [2.05, 4.69) is 27.3 Å². The van der Waals surface area contributed by atoms with E-state index in [1.165, 1.54) is 22.2 Å². The summed E-state index contributed by atoms with van der Waals surface area (Å²) in [7, 11) is 0. The molecule has 1 fully saturated rings. The first-order chi connectivity index (χ1) is 12.0. The molecule has 9 heteroatoms. The van der Waals surface area contributed by atoms with Crippen molar-refractivity contribution in [2.75, 3.05) is 18.8 Å². The number of unbranched alkanes of at least 4 members (excludes halogenated alkanes) is 1. The zero-order chi connectivity index (χ0) is 18.0. The summed E-state index contributed by atoms with van der Waals surface area (Å²) in [5, 5.41) is 7.59. The fourth-order valence-corrected chi connectivity index (χ4v) is 3.57. The van der Waals surface area contributed by atoms with E-state index < -0.39 is 0 Å². The van der Waals surface area contributed by atoms with Crippen molar-refractivity contribution in [1.29, 1.82) is 0 Å². The van der Waals surface area contributed by atoms with Crippen LogP contribution in [-0.4, -0.2) is 55.3 Å². The molecular weight excluding hydrogens is 340 g/mol. The second kappa shape index (κ2) is 7.38. The highest BCUT2D eigenvalue weighted by molar-refractivity contribution is 7.99. The first-order valence-electron chi connectivity index (χ1n) is 8.45. The van der Waals surface area contributed by atoms with Crippen molar-refractivity contribution in [3.63, 3.8) is 0 Å². The third-order valence-corrected chi connectivity index (χ3v) is 5.11. The molecule has 2 aromatic rings. The Bertz CT molecular complexity index is 819. The Hall–Kier alpha value is -2.16. The van der Waals surface area contributed by atoms with Crippen molar-refractivity contribution < 1.29 is 9.59 Å². The number of nitrogens with zero attached hydrogens (tertiary/aromatic N) is 5. The standard InChI is InChI=1S/C16H22N6O2S/c1-4-5-6-12-10(2)18-14-19-15(20-22(14)11(12)3)25-9-13(23)21-8-7-17-16(21)24/h4-9H2,1-3H3,(H,17,24). The summed E-state index contributed by atoms with van der Waals surface area (Å²) < 4.78 is 1.74. The predicted molar refractivity (Wildman–Crippen MR) is 94.7 cm³/mol. The quantitative estimate of drug-likeness (QED) is 0.787. The number of urea groups is 1. The maximum atomic E-state index is 12.1. The Morgan fingerprint density at radius 2 is 2.12 bits per heavy atom. The molecule has 134 valence electrons. The van der Waals surface area contributed by atoms with E-state index in [0.717, 1.165) is 30.7 Å². The Morgan fingerprint density at radius 3 is 2.80 bits per heavy atom. The highest BCUT2D eigenvalue weighted by Crippen LogP contribution is 2.20. The number of carbonyl (C=O) groups is 2. The highest BCUT2D eigenvalue weighted by atomic mass is 32.2. The van der Waals surface area contributed by atoms with E-state index >= 15 is 0 Å². The van der Waals surface area contributed by atoms with Gasteiger partial charge in [-0.2, -0.15) is 4.98 Å². The molecule has 0 saturated carbocycles. The molecule has 0 spiro atoms. The molecule has 0 bridgehead atoms. The van der Waals surface area contributed by atoms with E-state index in [1.54, 1.807) is 4.52 Å². The Labute approximate surface area is 150 Å². The highest BCUT2D eigenvalue weighted by Gasteiger charge is 2.26. The van der Waals surface area contributed by atoms with Crippen molar-refractivity contribution >= 4 is 29.5 Å². The van der Waals surface area contributed by atoms with Crippen LogP contribution in [0.15, 0.2) is 5.16 Å². The van der Waals surface area contributed by atoms with Gasteiger partial charge in [-0.25, -0.2) is 14.3 Å². The van der Waals surface area contributed by atoms with Gasteiger partial charge in [0.2, 0.25) is 11.1 Å². The van der Waals surface area contributed by atoms with Gasteiger partial charge in [0.05, 0.1) is 5.75 Å². The summed E-state index contributed by atoms with van der Waals surface area (Å²) >= 11 is 1.23. The van der Waals surface area contributed by atoms with Crippen LogP contribution in [-0.2, 0) is 11.2 Å². The van der Waals surface area contributed by atoms with E-state index in [-0.39, 0.29) is 17.7 Å². The van der Waals surface area contributed by atoms with Gasteiger partial charge in [-0.15, -0.1) is 5.10 Å². The van der Waals surface area contributed by atoms with E-state index in [0.29, 0.717) is 24.0 Å². The molecule has 0 unspecified atom stereocenters. The van der Waals surface area contributed by atoms with Crippen molar-refractivity contribution in [1.82, 2.24) is 29.8 Å². The maximum absolute atomic E-state index is 12.1. The van der Waals surface area contributed by atoms with Crippen LogP contribution in [0.4, 0.5) is 4.79 Å². The summed E-state index contributed by atoms with van der Waals surface area (Å²) in [5.41, 5.74) is 3.23. The predicted octanol–water partition coefficient (Wildman–Crippen LogP) is 1.73. The number of amides is 3.